The van der Waals surface area contributed by atoms with Crippen LogP contribution in [0.2, 0.25) is 0 Å². The van der Waals surface area contributed by atoms with Crippen LogP contribution >= 0.6 is 12.4 Å². The van der Waals surface area contributed by atoms with Gasteiger partial charge in [0.15, 0.2) is 0 Å². The molecule has 1 aromatic rings. The second-order valence-corrected chi connectivity index (χ2v) is 4.62. The molecule has 1 saturated heterocycles. The minimum Gasteiger partial charge on any atom is -0.352 e. The van der Waals surface area contributed by atoms with Gasteiger partial charge in [0.05, 0.1) is 0 Å². The number of carbonyl (C=O) groups excluding carboxylic acids is 1. The fourth-order valence-corrected chi connectivity index (χ4v) is 2.39. The summed E-state index contributed by atoms with van der Waals surface area (Å²) in [6.45, 7) is 4.28. The normalized spacial score (nSPS) is 15.7. The molecule has 19 heavy (non-hydrogen) atoms. The quantitative estimate of drug-likeness (QED) is 0.896. The Kier molecular flexibility index (Phi) is 6.25. The highest BCUT2D eigenvalue weighted by Gasteiger charge is 2.20. The monoisotopic (exact) mass is 286 g/mol. The van der Waals surface area contributed by atoms with E-state index in [4.69, 9.17) is 0 Å². The van der Waals surface area contributed by atoms with E-state index in [0.29, 0.717) is 17.7 Å². The highest BCUT2D eigenvalue weighted by atomic mass is 35.5. The zero-order valence-corrected chi connectivity index (χ0v) is 11.9. The molecule has 0 spiro atoms. The summed E-state index contributed by atoms with van der Waals surface area (Å²) in [6.07, 6.45) is 1.85. The molecule has 0 atom stereocenters. The van der Waals surface area contributed by atoms with Crippen molar-refractivity contribution in [3.05, 3.63) is 35.1 Å². The van der Waals surface area contributed by atoms with E-state index in [1.54, 1.807) is 12.1 Å². The smallest absolute Gasteiger partial charge is 0.251 e. The summed E-state index contributed by atoms with van der Waals surface area (Å²) in [4.78, 5) is 11.7. The van der Waals surface area contributed by atoms with E-state index in [9.17, 15) is 9.18 Å². The zero-order valence-electron chi connectivity index (χ0n) is 11.0. The van der Waals surface area contributed by atoms with Gasteiger partial charge in [0, 0.05) is 12.1 Å². The zero-order chi connectivity index (χ0) is 13.0. The average molecular weight is 287 g/mol. The number of piperidine rings is 1. The van der Waals surface area contributed by atoms with Gasteiger partial charge >= 0.3 is 0 Å². The summed E-state index contributed by atoms with van der Waals surface area (Å²) in [7, 11) is 0. The lowest BCUT2D eigenvalue weighted by molar-refractivity contribution is 0.0955. The molecule has 106 valence electrons. The van der Waals surface area contributed by atoms with Gasteiger partial charge in [-0.2, -0.15) is 0 Å². The van der Waals surface area contributed by atoms with Crippen LogP contribution in [-0.4, -0.2) is 25.5 Å². The lowest BCUT2D eigenvalue weighted by Crippen LogP contribution is -2.27. The van der Waals surface area contributed by atoms with Crippen LogP contribution in [0.15, 0.2) is 18.2 Å². The predicted molar refractivity (Wildman–Crippen MR) is 76.5 cm³/mol. The van der Waals surface area contributed by atoms with Crippen molar-refractivity contribution in [2.45, 2.75) is 25.7 Å². The van der Waals surface area contributed by atoms with Crippen molar-refractivity contribution < 1.29 is 9.18 Å². The Balaban J connectivity index is 0.00000180. The highest BCUT2D eigenvalue weighted by Crippen LogP contribution is 2.28. The Bertz CT molecular complexity index is 433. The van der Waals surface area contributed by atoms with Crippen LogP contribution in [0.3, 0.4) is 0 Å². The van der Waals surface area contributed by atoms with Crippen molar-refractivity contribution in [3.8, 4) is 0 Å². The molecule has 1 aliphatic rings. The molecule has 1 fully saturated rings. The van der Waals surface area contributed by atoms with E-state index in [1.165, 1.54) is 6.07 Å². The van der Waals surface area contributed by atoms with E-state index >= 15 is 0 Å². The van der Waals surface area contributed by atoms with Crippen LogP contribution in [0.5, 0.6) is 0 Å². The lowest BCUT2D eigenvalue weighted by atomic mass is 9.89. The fraction of sp³-hybridized carbons (Fsp3) is 0.500. The van der Waals surface area contributed by atoms with Crippen LogP contribution in [0.4, 0.5) is 4.39 Å². The minimum absolute atomic E-state index is 0. The van der Waals surface area contributed by atoms with Crippen LogP contribution in [0.1, 0.15) is 41.6 Å². The maximum atomic E-state index is 13.9. The first-order valence-corrected chi connectivity index (χ1v) is 6.50. The van der Waals surface area contributed by atoms with Gasteiger partial charge in [0.1, 0.15) is 5.82 Å². The largest absolute Gasteiger partial charge is 0.352 e. The molecule has 0 saturated carbocycles. The van der Waals surface area contributed by atoms with Crippen LogP contribution in [0, 0.1) is 5.82 Å². The van der Waals surface area contributed by atoms with Crippen molar-refractivity contribution in [2.24, 2.45) is 0 Å². The molecular weight excluding hydrogens is 267 g/mol. The average Bonchev–Trinajstić information content (AvgIpc) is 2.40. The van der Waals surface area contributed by atoms with E-state index in [0.717, 1.165) is 25.9 Å². The van der Waals surface area contributed by atoms with Crippen molar-refractivity contribution in [1.82, 2.24) is 10.6 Å². The molecule has 0 bridgehead atoms. The summed E-state index contributed by atoms with van der Waals surface area (Å²) >= 11 is 0. The van der Waals surface area contributed by atoms with Crippen molar-refractivity contribution >= 4 is 18.3 Å². The maximum absolute atomic E-state index is 13.9. The third-order valence-electron chi connectivity index (χ3n) is 3.37. The highest BCUT2D eigenvalue weighted by molar-refractivity contribution is 5.94. The summed E-state index contributed by atoms with van der Waals surface area (Å²) in [5.41, 5.74) is 1.23. The molecule has 2 rings (SSSR count). The Labute approximate surface area is 119 Å². The number of amides is 1. The van der Waals surface area contributed by atoms with Gasteiger partial charge in [-0.1, -0.05) is 0 Å². The molecule has 0 unspecified atom stereocenters. The van der Waals surface area contributed by atoms with E-state index in [1.807, 2.05) is 6.92 Å². The van der Waals surface area contributed by atoms with E-state index in [2.05, 4.69) is 10.6 Å². The number of rotatable bonds is 3. The van der Waals surface area contributed by atoms with Crippen LogP contribution < -0.4 is 10.6 Å². The molecule has 1 aliphatic heterocycles. The third-order valence-corrected chi connectivity index (χ3v) is 3.37. The molecule has 3 nitrogen and oxygen atoms in total. The topological polar surface area (TPSA) is 41.1 Å². The van der Waals surface area contributed by atoms with Gasteiger partial charge in [-0.05, 0) is 62.5 Å². The Morgan fingerprint density at radius 3 is 2.74 bits per heavy atom. The van der Waals surface area contributed by atoms with Crippen LogP contribution in [0.25, 0.3) is 0 Å². The fourth-order valence-electron chi connectivity index (χ4n) is 2.39. The number of hydrogen-bond acceptors (Lipinski definition) is 2. The minimum atomic E-state index is -0.199. The molecule has 1 amide bonds. The summed E-state index contributed by atoms with van der Waals surface area (Å²) in [5, 5.41) is 6.00. The third kappa shape index (κ3) is 3.91. The Hall–Kier alpha value is -1.13. The molecule has 0 radical (unpaired) electrons. The number of halogens is 2. The Morgan fingerprint density at radius 1 is 1.42 bits per heavy atom. The Morgan fingerprint density at radius 2 is 2.11 bits per heavy atom. The SMILES string of the molecule is CCNC(=O)c1ccc(F)c(C2CCNCC2)c1.Cl. The maximum Gasteiger partial charge on any atom is 0.251 e. The van der Waals surface area contributed by atoms with Gasteiger partial charge in [-0.15, -0.1) is 12.4 Å². The molecule has 2 N–H and O–H groups in total. The molecule has 5 heteroatoms. The van der Waals surface area contributed by atoms with Crippen LogP contribution in [-0.2, 0) is 0 Å². The van der Waals surface area contributed by atoms with E-state index in [-0.39, 0.29) is 30.0 Å². The van der Waals surface area contributed by atoms with Crippen molar-refractivity contribution in [2.75, 3.05) is 19.6 Å². The molecule has 0 aliphatic carbocycles. The summed E-state index contributed by atoms with van der Waals surface area (Å²) in [5.74, 6) is -0.108. The van der Waals surface area contributed by atoms with Gasteiger partial charge < -0.3 is 10.6 Å². The molecule has 1 heterocycles. The summed E-state index contributed by atoms with van der Waals surface area (Å²) in [6, 6.07) is 4.66. The number of nitrogens with one attached hydrogen (secondary N) is 2. The number of benzene rings is 1. The van der Waals surface area contributed by atoms with Gasteiger partial charge in [0.2, 0.25) is 0 Å². The molecular formula is C14H20ClFN2O. The molecule has 1 aromatic carbocycles. The van der Waals surface area contributed by atoms with E-state index < -0.39 is 0 Å². The molecule has 0 aromatic heterocycles. The first-order valence-electron chi connectivity index (χ1n) is 6.50. The second kappa shape index (κ2) is 7.46. The lowest BCUT2D eigenvalue weighted by Gasteiger charge is -2.23. The second-order valence-electron chi connectivity index (χ2n) is 4.62. The van der Waals surface area contributed by atoms with Gasteiger partial charge in [-0.3, -0.25) is 4.79 Å². The van der Waals surface area contributed by atoms with Crippen molar-refractivity contribution in [1.29, 1.82) is 0 Å². The number of carbonyl (C=O) groups is 1. The summed E-state index contributed by atoms with van der Waals surface area (Å²) < 4.78 is 13.9. The van der Waals surface area contributed by atoms with Gasteiger partial charge in [0.25, 0.3) is 5.91 Å². The predicted octanol–water partition coefficient (Wildman–Crippen LogP) is 2.46. The first kappa shape index (κ1) is 15.9. The van der Waals surface area contributed by atoms with Crippen molar-refractivity contribution in [3.63, 3.8) is 0 Å². The van der Waals surface area contributed by atoms with Gasteiger partial charge in [-0.25, -0.2) is 4.39 Å². The number of hydrogen-bond donors (Lipinski definition) is 2. The standard InChI is InChI=1S/C14H19FN2O.ClH/c1-2-17-14(18)11-3-4-13(15)12(9-11)10-5-7-16-8-6-10;/h3-4,9-10,16H,2,5-8H2,1H3,(H,17,18);1H. The first-order chi connectivity index (χ1) is 8.72.